The number of hydrogen-bond donors (Lipinski definition) is 1. The van der Waals surface area contributed by atoms with Crippen molar-refractivity contribution in [1.29, 1.82) is 0 Å². The van der Waals surface area contributed by atoms with Gasteiger partial charge < -0.3 is 10.5 Å². The van der Waals surface area contributed by atoms with Gasteiger partial charge in [-0.1, -0.05) is 6.07 Å². The lowest BCUT2D eigenvalue weighted by Crippen LogP contribution is -1.91. The normalized spacial score (nSPS) is 10.3. The molecule has 2 nitrogen and oxygen atoms in total. The van der Waals surface area contributed by atoms with E-state index in [0.29, 0.717) is 17.0 Å². The summed E-state index contributed by atoms with van der Waals surface area (Å²) in [6, 6.07) is 12.5. The van der Waals surface area contributed by atoms with Crippen LogP contribution in [0.1, 0.15) is 5.56 Å². The molecule has 0 aromatic heterocycles. The number of ether oxygens (including phenoxy) is 1. The highest BCUT2D eigenvalue weighted by atomic mass is 32.2. The minimum atomic E-state index is -0.254. The molecular formula is C14H14FNOS. The molecule has 2 aromatic rings. The summed E-state index contributed by atoms with van der Waals surface area (Å²) < 4.78 is 18.6. The average Bonchev–Trinajstić information content (AvgIpc) is 2.38. The first-order valence-electron chi connectivity index (χ1n) is 5.50. The van der Waals surface area contributed by atoms with Gasteiger partial charge in [0.05, 0.1) is 7.11 Å². The predicted molar refractivity (Wildman–Crippen MR) is 73.4 cm³/mol. The van der Waals surface area contributed by atoms with Crippen molar-refractivity contribution < 1.29 is 9.13 Å². The van der Waals surface area contributed by atoms with Gasteiger partial charge in [0.1, 0.15) is 11.6 Å². The van der Waals surface area contributed by atoms with E-state index in [9.17, 15) is 4.39 Å². The van der Waals surface area contributed by atoms with Gasteiger partial charge in [-0.05, 0) is 42.0 Å². The van der Waals surface area contributed by atoms with E-state index >= 15 is 0 Å². The highest BCUT2D eigenvalue weighted by Crippen LogP contribution is 2.26. The van der Waals surface area contributed by atoms with Crippen LogP contribution < -0.4 is 10.5 Å². The second-order valence-electron chi connectivity index (χ2n) is 3.82. The Morgan fingerprint density at radius 2 is 1.89 bits per heavy atom. The van der Waals surface area contributed by atoms with Crippen molar-refractivity contribution in [3.63, 3.8) is 0 Å². The molecule has 0 unspecified atom stereocenters. The van der Waals surface area contributed by atoms with Crippen LogP contribution in [0.4, 0.5) is 10.1 Å². The maximum Gasteiger partial charge on any atom is 0.129 e. The zero-order chi connectivity index (χ0) is 13.0. The zero-order valence-corrected chi connectivity index (χ0v) is 10.8. The smallest absolute Gasteiger partial charge is 0.129 e. The summed E-state index contributed by atoms with van der Waals surface area (Å²) in [4.78, 5) is 1.08. The summed E-state index contributed by atoms with van der Waals surface area (Å²) in [7, 11) is 1.63. The maximum atomic E-state index is 13.6. The lowest BCUT2D eigenvalue weighted by Gasteiger charge is -2.05. The highest BCUT2D eigenvalue weighted by Gasteiger charge is 2.03. The molecule has 0 atom stereocenters. The van der Waals surface area contributed by atoms with Crippen molar-refractivity contribution >= 4 is 17.4 Å². The minimum Gasteiger partial charge on any atom is -0.497 e. The maximum absolute atomic E-state index is 13.6. The summed E-state index contributed by atoms with van der Waals surface area (Å²) in [5, 5.41) is 0. The van der Waals surface area contributed by atoms with Crippen LogP contribution in [0.3, 0.4) is 0 Å². The average molecular weight is 263 g/mol. The van der Waals surface area contributed by atoms with E-state index in [1.54, 1.807) is 31.0 Å². The molecule has 0 fully saturated rings. The van der Waals surface area contributed by atoms with Gasteiger partial charge in [0.2, 0.25) is 0 Å². The lowest BCUT2D eigenvalue weighted by molar-refractivity contribution is 0.414. The number of anilines is 1. The third-order valence-electron chi connectivity index (χ3n) is 2.53. The molecule has 0 spiro atoms. The topological polar surface area (TPSA) is 35.2 Å². The first kappa shape index (κ1) is 12.8. The number of nitrogen functional groups attached to an aromatic ring is 1. The number of nitrogens with two attached hydrogens (primary N) is 1. The van der Waals surface area contributed by atoms with Crippen molar-refractivity contribution in [3.8, 4) is 5.75 Å². The van der Waals surface area contributed by atoms with Gasteiger partial charge in [-0.25, -0.2) is 4.39 Å². The van der Waals surface area contributed by atoms with Crippen molar-refractivity contribution in [2.75, 3.05) is 12.8 Å². The van der Waals surface area contributed by atoms with Crippen molar-refractivity contribution in [2.24, 2.45) is 0 Å². The molecule has 2 N–H and O–H groups in total. The van der Waals surface area contributed by atoms with Gasteiger partial charge in [-0.15, -0.1) is 11.8 Å². The first-order chi connectivity index (χ1) is 8.69. The van der Waals surface area contributed by atoms with E-state index < -0.39 is 0 Å². The molecule has 0 bridgehead atoms. The molecule has 0 saturated heterocycles. The summed E-state index contributed by atoms with van der Waals surface area (Å²) in [5.41, 5.74) is 6.61. The van der Waals surface area contributed by atoms with Crippen molar-refractivity contribution in [3.05, 3.63) is 53.8 Å². The zero-order valence-electron chi connectivity index (χ0n) is 10.0. The Bertz CT molecular complexity index is 528. The fraction of sp³-hybridized carbons (Fsp3) is 0.143. The number of thioether (sulfide) groups is 1. The fourth-order valence-electron chi connectivity index (χ4n) is 1.51. The van der Waals surface area contributed by atoms with Crippen molar-refractivity contribution in [1.82, 2.24) is 0 Å². The van der Waals surface area contributed by atoms with Crippen LogP contribution in [0.15, 0.2) is 47.4 Å². The van der Waals surface area contributed by atoms with Gasteiger partial charge in [0.15, 0.2) is 0 Å². The first-order valence-corrected chi connectivity index (χ1v) is 6.48. The van der Waals surface area contributed by atoms with Crippen LogP contribution in [0.25, 0.3) is 0 Å². The second kappa shape index (κ2) is 5.78. The third-order valence-corrected chi connectivity index (χ3v) is 3.59. The molecule has 0 aliphatic heterocycles. The van der Waals surface area contributed by atoms with Crippen LogP contribution in [-0.2, 0) is 5.75 Å². The molecule has 0 saturated carbocycles. The number of hydrogen-bond acceptors (Lipinski definition) is 3. The summed E-state index contributed by atoms with van der Waals surface area (Å²) in [6.07, 6.45) is 0. The Labute approximate surface area is 110 Å². The Kier molecular flexibility index (Phi) is 4.10. The number of halogens is 1. The fourth-order valence-corrected chi connectivity index (χ4v) is 2.40. The largest absolute Gasteiger partial charge is 0.497 e. The predicted octanol–water partition coefficient (Wildman–Crippen LogP) is 3.71. The molecule has 0 radical (unpaired) electrons. The van der Waals surface area contributed by atoms with Crippen LogP contribution in [-0.4, -0.2) is 7.11 Å². The molecule has 94 valence electrons. The van der Waals surface area contributed by atoms with Gasteiger partial charge >= 0.3 is 0 Å². The quantitative estimate of drug-likeness (QED) is 0.674. The van der Waals surface area contributed by atoms with E-state index in [2.05, 4.69) is 0 Å². The molecule has 0 heterocycles. The molecule has 2 aromatic carbocycles. The summed E-state index contributed by atoms with van der Waals surface area (Å²) >= 11 is 1.58. The SMILES string of the molecule is COc1ccc(SCc2ccc(N)cc2F)cc1. The Morgan fingerprint density at radius 3 is 2.50 bits per heavy atom. The lowest BCUT2D eigenvalue weighted by atomic mass is 10.2. The van der Waals surface area contributed by atoms with Crippen LogP contribution in [0.5, 0.6) is 5.75 Å². The Balaban J connectivity index is 2.02. The van der Waals surface area contributed by atoms with E-state index in [1.807, 2.05) is 24.3 Å². The Hall–Kier alpha value is -1.68. The third kappa shape index (κ3) is 3.17. The monoisotopic (exact) mass is 263 g/mol. The molecule has 2 rings (SSSR count). The summed E-state index contributed by atoms with van der Waals surface area (Å²) in [6.45, 7) is 0. The molecule has 4 heteroatoms. The second-order valence-corrected chi connectivity index (χ2v) is 4.86. The molecule has 0 aliphatic rings. The van der Waals surface area contributed by atoms with E-state index in [4.69, 9.17) is 10.5 Å². The minimum absolute atomic E-state index is 0.254. The van der Waals surface area contributed by atoms with Crippen LogP contribution >= 0.6 is 11.8 Å². The van der Waals surface area contributed by atoms with Gasteiger partial charge in [-0.3, -0.25) is 0 Å². The van der Waals surface area contributed by atoms with Crippen LogP contribution in [0.2, 0.25) is 0 Å². The van der Waals surface area contributed by atoms with E-state index in [0.717, 1.165) is 10.6 Å². The van der Waals surface area contributed by atoms with Crippen LogP contribution in [0, 0.1) is 5.82 Å². The molecular weight excluding hydrogens is 249 g/mol. The van der Waals surface area contributed by atoms with Gasteiger partial charge in [0.25, 0.3) is 0 Å². The van der Waals surface area contributed by atoms with Gasteiger partial charge in [-0.2, -0.15) is 0 Å². The highest BCUT2D eigenvalue weighted by molar-refractivity contribution is 7.98. The Morgan fingerprint density at radius 1 is 1.17 bits per heavy atom. The van der Waals surface area contributed by atoms with E-state index in [1.165, 1.54) is 6.07 Å². The number of rotatable bonds is 4. The molecule has 18 heavy (non-hydrogen) atoms. The number of methoxy groups -OCH3 is 1. The van der Waals surface area contributed by atoms with Gasteiger partial charge in [0, 0.05) is 16.3 Å². The number of benzene rings is 2. The molecule has 0 amide bonds. The summed E-state index contributed by atoms with van der Waals surface area (Å²) in [5.74, 6) is 1.15. The van der Waals surface area contributed by atoms with E-state index in [-0.39, 0.29) is 5.82 Å². The van der Waals surface area contributed by atoms with Crippen molar-refractivity contribution in [2.45, 2.75) is 10.6 Å². The standard InChI is InChI=1S/C14H14FNOS/c1-17-12-4-6-13(7-5-12)18-9-10-2-3-11(16)8-14(10)15/h2-8H,9,16H2,1H3. The molecule has 0 aliphatic carbocycles.